The quantitative estimate of drug-likeness (QED) is 0.611. The molecular formula is C11H21N. The van der Waals surface area contributed by atoms with Gasteiger partial charge < -0.3 is 4.90 Å². The summed E-state index contributed by atoms with van der Waals surface area (Å²) in [5.74, 6) is 1.01. The second kappa shape index (κ2) is 3.78. The van der Waals surface area contributed by atoms with Crippen LogP contribution in [-0.2, 0) is 0 Å². The molecule has 1 nitrogen and oxygen atoms in total. The van der Waals surface area contributed by atoms with Crippen LogP contribution in [0.5, 0.6) is 0 Å². The van der Waals surface area contributed by atoms with Crippen molar-refractivity contribution < 1.29 is 0 Å². The monoisotopic (exact) mass is 167 g/mol. The van der Waals surface area contributed by atoms with Crippen LogP contribution >= 0.6 is 0 Å². The first kappa shape index (κ1) is 8.55. The Hall–Kier alpha value is -0.0400. The van der Waals surface area contributed by atoms with Gasteiger partial charge in [0.2, 0.25) is 0 Å². The lowest BCUT2D eigenvalue weighted by Crippen LogP contribution is -2.45. The molecule has 0 aromatic heterocycles. The Kier molecular flexibility index (Phi) is 2.69. The lowest BCUT2D eigenvalue weighted by molar-refractivity contribution is 0.0759. The van der Waals surface area contributed by atoms with Crippen LogP contribution in [0.4, 0.5) is 0 Å². The van der Waals surface area contributed by atoms with Gasteiger partial charge in [-0.15, -0.1) is 0 Å². The topological polar surface area (TPSA) is 3.24 Å². The minimum Gasteiger partial charge on any atom is -0.300 e. The Morgan fingerprint density at radius 3 is 2.58 bits per heavy atom. The van der Waals surface area contributed by atoms with Gasteiger partial charge in [-0.25, -0.2) is 0 Å². The second-order valence-corrected chi connectivity index (χ2v) is 4.50. The van der Waals surface area contributed by atoms with Crippen molar-refractivity contribution in [1.82, 2.24) is 4.90 Å². The third-order valence-corrected chi connectivity index (χ3v) is 3.72. The maximum atomic E-state index is 2.75. The summed E-state index contributed by atoms with van der Waals surface area (Å²) in [7, 11) is 0. The van der Waals surface area contributed by atoms with E-state index in [1.165, 1.54) is 51.6 Å². The van der Waals surface area contributed by atoms with E-state index in [0.717, 1.165) is 12.0 Å². The Balaban J connectivity index is 1.81. The van der Waals surface area contributed by atoms with Crippen molar-refractivity contribution in [3.63, 3.8) is 0 Å². The first-order valence-corrected chi connectivity index (χ1v) is 5.64. The van der Waals surface area contributed by atoms with Crippen molar-refractivity contribution in [3.05, 3.63) is 0 Å². The van der Waals surface area contributed by atoms with Crippen LogP contribution in [0.25, 0.3) is 0 Å². The van der Waals surface area contributed by atoms with E-state index < -0.39 is 0 Å². The normalized spacial score (nSPS) is 33.2. The number of piperidine rings is 1. The van der Waals surface area contributed by atoms with Gasteiger partial charge in [-0.1, -0.05) is 19.8 Å². The zero-order valence-corrected chi connectivity index (χ0v) is 8.26. The van der Waals surface area contributed by atoms with Crippen molar-refractivity contribution >= 4 is 0 Å². The Labute approximate surface area is 76.1 Å². The molecular weight excluding hydrogens is 146 g/mol. The number of rotatable bonds is 2. The summed E-state index contributed by atoms with van der Waals surface area (Å²) < 4.78 is 0. The van der Waals surface area contributed by atoms with Gasteiger partial charge in [0.05, 0.1) is 0 Å². The van der Waals surface area contributed by atoms with Gasteiger partial charge in [0.15, 0.2) is 0 Å². The molecule has 0 N–H and O–H groups in total. The molecule has 0 amide bonds. The first-order chi connectivity index (χ1) is 5.90. The van der Waals surface area contributed by atoms with Crippen LogP contribution in [0, 0.1) is 5.92 Å². The van der Waals surface area contributed by atoms with Crippen molar-refractivity contribution in [2.75, 3.05) is 13.1 Å². The average molecular weight is 167 g/mol. The molecule has 0 spiro atoms. The second-order valence-electron chi connectivity index (χ2n) is 4.50. The summed E-state index contributed by atoms with van der Waals surface area (Å²) in [5.41, 5.74) is 0. The predicted molar refractivity (Wildman–Crippen MR) is 52.2 cm³/mol. The molecule has 1 saturated carbocycles. The summed E-state index contributed by atoms with van der Waals surface area (Å²) in [6, 6.07) is 0.986. The van der Waals surface area contributed by atoms with Crippen LogP contribution in [0.2, 0.25) is 0 Å². The van der Waals surface area contributed by atoms with E-state index >= 15 is 0 Å². The molecule has 1 heterocycles. The molecule has 2 fully saturated rings. The fourth-order valence-electron chi connectivity index (χ4n) is 2.51. The molecule has 2 aliphatic rings. The first-order valence-electron chi connectivity index (χ1n) is 5.64. The SMILES string of the molecule is CC[C@@H]1CCCN(C2CCC2)C1. The van der Waals surface area contributed by atoms with E-state index in [1.807, 2.05) is 0 Å². The molecule has 1 aliphatic heterocycles. The maximum Gasteiger partial charge on any atom is 0.00953 e. The van der Waals surface area contributed by atoms with E-state index in [1.54, 1.807) is 0 Å². The molecule has 1 atom stereocenters. The van der Waals surface area contributed by atoms with E-state index in [2.05, 4.69) is 11.8 Å². The third kappa shape index (κ3) is 1.66. The summed E-state index contributed by atoms with van der Waals surface area (Å²) in [4.78, 5) is 2.75. The highest BCUT2D eigenvalue weighted by atomic mass is 15.2. The molecule has 1 aliphatic carbocycles. The van der Waals surface area contributed by atoms with Gasteiger partial charge in [0, 0.05) is 12.6 Å². The van der Waals surface area contributed by atoms with Crippen molar-refractivity contribution in [2.24, 2.45) is 5.92 Å². The Morgan fingerprint density at radius 1 is 1.17 bits per heavy atom. The minimum absolute atomic E-state index is 0.986. The number of likely N-dealkylation sites (tertiary alicyclic amines) is 1. The third-order valence-electron chi connectivity index (χ3n) is 3.72. The molecule has 0 radical (unpaired) electrons. The maximum absolute atomic E-state index is 2.75. The number of hydrogen-bond donors (Lipinski definition) is 0. The summed E-state index contributed by atoms with van der Waals surface area (Å²) in [6.45, 7) is 5.14. The minimum atomic E-state index is 0.986. The van der Waals surface area contributed by atoms with Gasteiger partial charge in [-0.2, -0.15) is 0 Å². The highest BCUT2D eigenvalue weighted by Crippen LogP contribution is 2.29. The molecule has 70 valence electrons. The van der Waals surface area contributed by atoms with Crippen molar-refractivity contribution in [3.8, 4) is 0 Å². The van der Waals surface area contributed by atoms with Gasteiger partial charge in [0.1, 0.15) is 0 Å². The van der Waals surface area contributed by atoms with Crippen molar-refractivity contribution in [1.29, 1.82) is 0 Å². The average Bonchev–Trinajstić information content (AvgIpc) is 2.02. The Bertz CT molecular complexity index is 140. The summed E-state index contributed by atoms with van der Waals surface area (Å²) >= 11 is 0. The van der Waals surface area contributed by atoms with E-state index in [9.17, 15) is 0 Å². The molecule has 0 aromatic carbocycles. The van der Waals surface area contributed by atoms with Crippen LogP contribution < -0.4 is 0 Å². The predicted octanol–water partition coefficient (Wildman–Crippen LogP) is 2.66. The van der Waals surface area contributed by atoms with Gasteiger partial charge in [0.25, 0.3) is 0 Å². The zero-order valence-electron chi connectivity index (χ0n) is 8.26. The highest BCUT2D eigenvalue weighted by Gasteiger charge is 2.28. The van der Waals surface area contributed by atoms with Crippen LogP contribution in [0.1, 0.15) is 45.4 Å². The smallest absolute Gasteiger partial charge is 0.00953 e. The van der Waals surface area contributed by atoms with Gasteiger partial charge >= 0.3 is 0 Å². The van der Waals surface area contributed by atoms with E-state index in [4.69, 9.17) is 0 Å². The number of nitrogens with zero attached hydrogens (tertiary/aromatic N) is 1. The molecule has 2 rings (SSSR count). The van der Waals surface area contributed by atoms with Gasteiger partial charge in [-0.05, 0) is 38.1 Å². The lowest BCUT2D eigenvalue weighted by atomic mass is 9.87. The standard InChI is InChI=1S/C11H21N/c1-2-10-5-4-8-12(9-10)11-6-3-7-11/h10-11H,2-9H2,1H3/t10-/m1/s1. The fraction of sp³-hybridized carbons (Fsp3) is 1.00. The molecule has 12 heavy (non-hydrogen) atoms. The van der Waals surface area contributed by atoms with Gasteiger partial charge in [-0.3, -0.25) is 0 Å². The Morgan fingerprint density at radius 2 is 2.00 bits per heavy atom. The number of hydrogen-bond acceptors (Lipinski definition) is 1. The lowest BCUT2D eigenvalue weighted by Gasteiger charge is -2.42. The van der Waals surface area contributed by atoms with Crippen LogP contribution in [0.3, 0.4) is 0 Å². The largest absolute Gasteiger partial charge is 0.300 e. The molecule has 0 unspecified atom stereocenters. The molecule has 0 bridgehead atoms. The highest BCUT2D eigenvalue weighted by molar-refractivity contribution is 4.83. The van der Waals surface area contributed by atoms with Crippen molar-refractivity contribution in [2.45, 2.75) is 51.5 Å². The van der Waals surface area contributed by atoms with E-state index in [0.29, 0.717) is 0 Å². The summed E-state index contributed by atoms with van der Waals surface area (Å²) in [6.07, 6.45) is 8.78. The molecule has 0 aromatic rings. The van der Waals surface area contributed by atoms with E-state index in [-0.39, 0.29) is 0 Å². The molecule has 1 heteroatoms. The summed E-state index contributed by atoms with van der Waals surface area (Å²) in [5, 5.41) is 0. The van der Waals surface area contributed by atoms with Crippen LogP contribution in [-0.4, -0.2) is 24.0 Å². The molecule has 1 saturated heterocycles. The zero-order chi connectivity index (χ0) is 8.39. The van der Waals surface area contributed by atoms with Crippen LogP contribution in [0.15, 0.2) is 0 Å². The fourth-order valence-corrected chi connectivity index (χ4v) is 2.51.